The van der Waals surface area contributed by atoms with Gasteiger partial charge in [-0.3, -0.25) is 0 Å². The summed E-state index contributed by atoms with van der Waals surface area (Å²) in [5.41, 5.74) is 2.72. The molecule has 0 radical (unpaired) electrons. The van der Waals surface area contributed by atoms with E-state index in [-0.39, 0.29) is 0 Å². The summed E-state index contributed by atoms with van der Waals surface area (Å²) in [6.45, 7) is 4.01. The molecule has 0 aromatic heterocycles. The van der Waals surface area contributed by atoms with Crippen LogP contribution < -0.4 is 5.32 Å². The van der Waals surface area contributed by atoms with Crippen LogP contribution in [0.15, 0.2) is 36.6 Å². The fourth-order valence-electron chi connectivity index (χ4n) is 1.91. The average Bonchev–Trinajstić information content (AvgIpc) is 2.33. The van der Waals surface area contributed by atoms with Crippen molar-refractivity contribution in [2.24, 2.45) is 0 Å². The second-order valence-corrected chi connectivity index (χ2v) is 4.26. The van der Waals surface area contributed by atoms with Gasteiger partial charge in [0.15, 0.2) is 0 Å². The van der Waals surface area contributed by atoms with E-state index in [2.05, 4.69) is 42.6 Å². The summed E-state index contributed by atoms with van der Waals surface area (Å²) < 4.78 is 5.50. The molecule has 2 heteroatoms. The molecule has 0 saturated carbocycles. The molecule has 1 heterocycles. The van der Waals surface area contributed by atoms with Gasteiger partial charge in [-0.25, -0.2) is 0 Å². The Morgan fingerprint density at radius 3 is 3.00 bits per heavy atom. The van der Waals surface area contributed by atoms with Gasteiger partial charge >= 0.3 is 0 Å². The largest absolute Gasteiger partial charge is 0.497 e. The summed E-state index contributed by atoms with van der Waals surface area (Å²) in [5.74, 6) is 0. The SMILES string of the molecule is Cc1ccccc1CNCC1CCC=CO1. The third-order valence-corrected chi connectivity index (χ3v) is 2.97. The minimum absolute atomic E-state index is 0.342. The monoisotopic (exact) mass is 217 g/mol. The number of hydrogen-bond donors (Lipinski definition) is 1. The third kappa shape index (κ3) is 3.11. The van der Waals surface area contributed by atoms with Crippen LogP contribution in [0.2, 0.25) is 0 Å². The van der Waals surface area contributed by atoms with Crippen LogP contribution in [0, 0.1) is 6.92 Å². The number of aryl methyl sites for hydroxylation is 1. The minimum atomic E-state index is 0.342. The van der Waals surface area contributed by atoms with Crippen molar-refractivity contribution >= 4 is 0 Å². The number of ether oxygens (including phenoxy) is 1. The normalized spacial score (nSPS) is 19.4. The summed E-state index contributed by atoms with van der Waals surface area (Å²) in [5, 5.41) is 3.45. The number of benzene rings is 1. The molecule has 0 fully saturated rings. The van der Waals surface area contributed by atoms with Gasteiger partial charge < -0.3 is 10.1 Å². The van der Waals surface area contributed by atoms with Gasteiger partial charge in [-0.15, -0.1) is 0 Å². The fraction of sp³-hybridized carbons (Fsp3) is 0.429. The van der Waals surface area contributed by atoms with Crippen molar-refractivity contribution in [3.8, 4) is 0 Å². The third-order valence-electron chi connectivity index (χ3n) is 2.97. The lowest BCUT2D eigenvalue weighted by Crippen LogP contribution is -2.28. The molecule has 1 N–H and O–H groups in total. The molecule has 86 valence electrons. The lowest BCUT2D eigenvalue weighted by molar-refractivity contribution is 0.122. The zero-order chi connectivity index (χ0) is 11.2. The summed E-state index contributed by atoms with van der Waals surface area (Å²) in [6.07, 6.45) is 6.50. The van der Waals surface area contributed by atoms with Gasteiger partial charge in [0.25, 0.3) is 0 Å². The van der Waals surface area contributed by atoms with Crippen molar-refractivity contribution in [2.75, 3.05) is 6.54 Å². The average molecular weight is 217 g/mol. The molecular formula is C14H19NO. The van der Waals surface area contributed by atoms with Crippen LogP contribution in [0.3, 0.4) is 0 Å². The van der Waals surface area contributed by atoms with Gasteiger partial charge in [-0.05, 0) is 37.0 Å². The molecule has 1 unspecified atom stereocenters. The Balaban J connectivity index is 1.75. The highest BCUT2D eigenvalue weighted by molar-refractivity contribution is 5.25. The highest BCUT2D eigenvalue weighted by atomic mass is 16.5. The van der Waals surface area contributed by atoms with Crippen LogP contribution in [-0.2, 0) is 11.3 Å². The second kappa shape index (κ2) is 5.71. The molecule has 0 amide bonds. The number of allylic oxidation sites excluding steroid dienone is 1. The maximum atomic E-state index is 5.50. The highest BCUT2D eigenvalue weighted by Crippen LogP contribution is 2.10. The Morgan fingerprint density at radius 2 is 2.25 bits per heavy atom. The molecule has 2 nitrogen and oxygen atoms in total. The van der Waals surface area contributed by atoms with Crippen LogP contribution in [0.4, 0.5) is 0 Å². The summed E-state index contributed by atoms with van der Waals surface area (Å²) in [7, 11) is 0. The second-order valence-electron chi connectivity index (χ2n) is 4.26. The van der Waals surface area contributed by atoms with E-state index in [4.69, 9.17) is 4.74 Å². The van der Waals surface area contributed by atoms with Crippen LogP contribution >= 0.6 is 0 Å². The van der Waals surface area contributed by atoms with Crippen molar-refractivity contribution in [1.82, 2.24) is 5.32 Å². The van der Waals surface area contributed by atoms with E-state index in [1.54, 1.807) is 0 Å². The molecule has 1 aromatic carbocycles. The van der Waals surface area contributed by atoms with E-state index in [1.807, 2.05) is 6.26 Å². The molecule has 0 bridgehead atoms. The lowest BCUT2D eigenvalue weighted by atomic mass is 10.1. The van der Waals surface area contributed by atoms with E-state index >= 15 is 0 Å². The summed E-state index contributed by atoms with van der Waals surface area (Å²) in [4.78, 5) is 0. The molecule has 1 aliphatic heterocycles. The van der Waals surface area contributed by atoms with Crippen LogP contribution in [0.25, 0.3) is 0 Å². The number of nitrogens with one attached hydrogen (secondary N) is 1. The fourth-order valence-corrected chi connectivity index (χ4v) is 1.91. The van der Waals surface area contributed by atoms with Crippen molar-refractivity contribution in [3.05, 3.63) is 47.7 Å². The number of hydrogen-bond acceptors (Lipinski definition) is 2. The zero-order valence-corrected chi connectivity index (χ0v) is 9.78. The van der Waals surface area contributed by atoms with E-state index in [0.29, 0.717) is 6.10 Å². The van der Waals surface area contributed by atoms with Gasteiger partial charge in [0.2, 0.25) is 0 Å². The zero-order valence-electron chi connectivity index (χ0n) is 9.78. The first kappa shape index (κ1) is 11.2. The van der Waals surface area contributed by atoms with Crippen LogP contribution in [-0.4, -0.2) is 12.6 Å². The quantitative estimate of drug-likeness (QED) is 0.837. The Labute approximate surface area is 97.3 Å². The van der Waals surface area contributed by atoms with Gasteiger partial charge in [-0.1, -0.05) is 24.3 Å². The van der Waals surface area contributed by atoms with E-state index < -0.39 is 0 Å². The van der Waals surface area contributed by atoms with Gasteiger partial charge in [0, 0.05) is 13.1 Å². The van der Waals surface area contributed by atoms with Crippen molar-refractivity contribution < 1.29 is 4.74 Å². The molecule has 16 heavy (non-hydrogen) atoms. The van der Waals surface area contributed by atoms with E-state index in [9.17, 15) is 0 Å². The highest BCUT2D eigenvalue weighted by Gasteiger charge is 2.09. The molecule has 2 rings (SSSR count). The first-order valence-corrected chi connectivity index (χ1v) is 5.92. The Morgan fingerprint density at radius 1 is 1.38 bits per heavy atom. The topological polar surface area (TPSA) is 21.3 Å². The molecular weight excluding hydrogens is 198 g/mol. The maximum absolute atomic E-state index is 5.50. The summed E-state index contributed by atoms with van der Waals surface area (Å²) >= 11 is 0. The standard InChI is InChI=1S/C14H19NO/c1-12-6-2-3-7-13(12)10-15-11-14-8-4-5-9-16-14/h2-3,5-7,9,14-15H,4,8,10-11H2,1H3. The lowest BCUT2D eigenvalue weighted by Gasteiger charge is -2.20. The predicted molar refractivity (Wildman–Crippen MR) is 66.1 cm³/mol. The Bertz CT molecular complexity index is 360. The molecule has 0 saturated heterocycles. The first-order valence-electron chi connectivity index (χ1n) is 5.92. The van der Waals surface area contributed by atoms with Crippen molar-refractivity contribution in [2.45, 2.75) is 32.4 Å². The van der Waals surface area contributed by atoms with E-state index in [0.717, 1.165) is 25.9 Å². The van der Waals surface area contributed by atoms with Gasteiger partial charge in [-0.2, -0.15) is 0 Å². The molecule has 0 spiro atoms. The van der Waals surface area contributed by atoms with Crippen LogP contribution in [0.1, 0.15) is 24.0 Å². The Hall–Kier alpha value is -1.28. The van der Waals surface area contributed by atoms with Crippen LogP contribution in [0.5, 0.6) is 0 Å². The van der Waals surface area contributed by atoms with Crippen molar-refractivity contribution in [1.29, 1.82) is 0 Å². The molecule has 0 aliphatic carbocycles. The molecule has 1 aromatic rings. The summed E-state index contributed by atoms with van der Waals surface area (Å²) in [6, 6.07) is 8.48. The van der Waals surface area contributed by atoms with E-state index in [1.165, 1.54) is 11.1 Å². The smallest absolute Gasteiger partial charge is 0.110 e. The molecule has 1 atom stereocenters. The predicted octanol–water partition coefficient (Wildman–Crippen LogP) is 2.78. The Kier molecular flexibility index (Phi) is 4.00. The first-order chi connectivity index (χ1) is 7.86. The van der Waals surface area contributed by atoms with Gasteiger partial charge in [0.1, 0.15) is 6.10 Å². The minimum Gasteiger partial charge on any atom is -0.497 e. The molecule has 1 aliphatic rings. The number of rotatable bonds is 4. The maximum Gasteiger partial charge on any atom is 0.110 e. The van der Waals surface area contributed by atoms with Crippen molar-refractivity contribution in [3.63, 3.8) is 0 Å². The van der Waals surface area contributed by atoms with Gasteiger partial charge in [0.05, 0.1) is 6.26 Å².